The quantitative estimate of drug-likeness (QED) is 0.912. The Balaban J connectivity index is 1.76. The Morgan fingerprint density at radius 2 is 2.19 bits per heavy atom. The van der Waals surface area contributed by atoms with Crippen LogP contribution in [0.2, 0.25) is 0 Å². The first-order valence-corrected chi connectivity index (χ1v) is 7.60. The first kappa shape index (κ1) is 14.0. The number of likely N-dealkylation sites (N-methyl/N-ethyl adjacent to an activating group) is 1. The van der Waals surface area contributed by atoms with Crippen molar-refractivity contribution >= 4 is 5.82 Å². The first-order valence-electron chi connectivity index (χ1n) is 7.60. The second-order valence-corrected chi connectivity index (χ2v) is 5.63. The molecule has 0 amide bonds. The fourth-order valence-corrected chi connectivity index (χ4v) is 2.92. The van der Waals surface area contributed by atoms with Crippen LogP contribution in [0.3, 0.4) is 0 Å². The number of rotatable bonds is 5. The molecule has 0 atom stereocenters. The van der Waals surface area contributed by atoms with Gasteiger partial charge in [-0.05, 0) is 43.0 Å². The molecular formula is C17H22N4. The number of anilines is 1. The zero-order valence-electron chi connectivity index (χ0n) is 12.5. The molecule has 2 heterocycles. The molecule has 1 aliphatic rings. The zero-order valence-corrected chi connectivity index (χ0v) is 12.5. The molecule has 4 heteroatoms. The van der Waals surface area contributed by atoms with Gasteiger partial charge in [0.2, 0.25) is 0 Å². The van der Waals surface area contributed by atoms with Crippen LogP contribution in [-0.2, 0) is 25.8 Å². The van der Waals surface area contributed by atoms with E-state index in [0.29, 0.717) is 6.54 Å². The molecule has 0 spiro atoms. The molecular weight excluding hydrogens is 260 g/mol. The summed E-state index contributed by atoms with van der Waals surface area (Å²) in [4.78, 5) is 11.4. The van der Waals surface area contributed by atoms with E-state index < -0.39 is 0 Å². The van der Waals surface area contributed by atoms with E-state index in [1.807, 2.05) is 18.3 Å². The molecule has 21 heavy (non-hydrogen) atoms. The molecule has 0 fully saturated rings. The van der Waals surface area contributed by atoms with Crippen molar-refractivity contribution in [3.05, 3.63) is 53.0 Å². The number of hydrogen-bond donors (Lipinski definition) is 1. The minimum Gasteiger partial charge on any atom is -0.359 e. The first-order chi connectivity index (χ1) is 10.3. The van der Waals surface area contributed by atoms with E-state index in [4.69, 9.17) is 10.7 Å². The predicted octanol–water partition coefficient (Wildman–Crippen LogP) is 2.10. The molecule has 2 aromatic rings. The Labute approximate surface area is 126 Å². The van der Waals surface area contributed by atoms with Gasteiger partial charge in [0, 0.05) is 49.7 Å². The number of aryl methyl sites for hydroxylation is 2. The topological polar surface area (TPSA) is 55.0 Å². The van der Waals surface area contributed by atoms with Gasteiger partial charge in [-0.25, -0.2) is 4.98 Å². The fourth-order valence-electron chi connectivity index (χ4n) is 2.92. The van der Waals surface area contributed by atoms with Crippen LogP contribution in [0.1, 0.15) is 28.9 Å². The summed E-state index contributed by atoms with van der Waals surface area (Å²) >= 11 is 0. The van der Waals surface area contributed by atoms with Crippen molar-refractivity contribution in [2.75, 3.05) is 18.5 Å². The van der Waals surface area contributed by atoms with Crippen LogP contribution in [-0.4, -0.2) is 23.6 Å². The maximum atomic E-state index is 5.91. The molecule has 2 N–H and O–H groups in total. The van der Waals surface area contributed by atoms with Crippen LogP contribution < -0.4 is 10.6 Å². The van der Waals surface area contributed by atoms with E-state index in [1.165, 1.54) is 17.7 Å². The lowest BCUT2D eigenvalue weighted by Gasteiger charge is -2.22. The highest BCUT2D eigenvalue weighted by Gasteiger charge is 2.17. The lowest BCUT2D eigenvalue weighted by molar-refractivity contribution is 0.821. The van der Waals surface area contributed by atoms with Crippen LogP contribution in [0.15, 0.2) is 30.5 Å². The molecule has 0 bridgehead atoms. The summed E-state index contributed by atoms with van der Waals surface area (Å²) in [5, 5.41) is 0. The van der Waals surface area contributed by atoms with E-state index in [1.54, 1.807) is 0 Å². The second-order valence-electron chi connectivity index (χ2n) is 5.63. The number of nitrogens with two attached hydrogens (primary N) is 1. The van der Waals surface area contributed by atoms with Crippen molar-refractivity contribution in [2.45, 2.75) is 32.2 Å². The van der Waals surface area contributed by atoms with Gasteiger partial charge in [-0.1, -0.05) is 6.07 Å². The highest BCUT2D eigenvalue weighted by Crippen LogP contribution is 2.26. The molecule has 0 aliphatic heterocycles. The van der Waals surface area contributed by atoms with E-state index in [9.17, 15) is 0 Å². The van der Waals surface area contributed by atoms with Gasteiger partial charge in [-0.15, -0.1) is 0 Å². The Morgan fingerprint density at radius 3 is 2.95 bits per heavy atom. The molecule has 2 aromatic heterocycles. The van der Waals surface area contributed by atoms with Crippen molar-refractivity contribution in [1.29, 1.82) is 0 Å². The van der Waals surface area contributed by atoms with Gasteiger partial charge in [0.05, 0.1) is 0 Å². The molecule has 0 unspecified atom stereocenters. The Hall–Kier alpha value is -1.94. The minimum atomic E-state index is 0.545. The third-order valence-electron chi connectivity index (χ3n) is 4.12. The van der Waals surface area contributed by atoms with Gasteiger partial charge in [-0.3, -0.25) is 4.98 Å². The van der Waals surface area contributed by atoms with E-state index >= 15 is 0 Å². The molecule has 110 valence electrons. The maximum absolute atomic E-state index is 5.91. The van der Waals surface area contributed by atoms with Gasteiger partial charge in [-0.2, -0.15) is 0 Å². The van der Waals surface area contributed by atoms with E-state index in [-0.39, 0.29) is 0 Å². The largest absolute Gasteiger partial charge is 0.359 e. The summed E-state index contributed by atoms with van der Waals surface area (Å²) in [6, 6.07) is 8.29. The van der Waals surface area contributed by atoms with Crippen LogP contribution >= 0.6 is 0 Å². The molecule has 0 saturated heterocycles. The average molecular weight is 282 g/mol. The SMILES string of the molecule is CN(CCc1ccccn1)c1nc2c(cc1CN)CCC2. The van der Waals surface area contributed by atoms with E-state index in [2.05, 4.69) is 29.1 Å². The molecule has 0 aromatic carbocycles. The summed E-state index contributed by atoms with van der Waals surface area (Å²) in [6.45, 7) is 1.44. The van der Waals surface area contributed by atoms with Gasteiger partial charge in [0.15, 0.2) is 0 Å². The lowest BCUT2D eigenvalue weighted by atomic mass is 10.1. The normalized spacial score (nSPS) is 13.2. The van der Waals surface area contributed by atoms with Gasteiger partial charge in [0.25, 0.3) is 0 Å². The van der Waals surface area contributed by atoms with Crippen molar-refractivity contribution in [2.24, 2.45) is 5.73 Å². The predicted molar refractivity (Wildman–Crippen MR) is 85.4 cm³/mol. The van der Waals surface area contributed by atoms with Gasteiger partial charge < -0.3 is 10.6 Å². The molecule has 4 nitrogen and oxygen atoms in total. The van der Waals surface area contributed by atoms with Gasteiger partial charge >= 0.3 is 0 Å². The van der Waals surface area contributed by atoms with Crippen molar-refractivity contribution in [3.8, 4) is 0 Å². The summed E-state index contributed by atoms with van der Waals surface area (Å²) in [7, 11) is 2.09. The van der Waals surface area contributed by atoms with E-state index in [0.717, 1.165) is 42.9 Å². The number of pyridine rings is 2. The molecule has 3 rings (SSSR count). The van der Waals surface area contributed by atoms with Gasteiger partial charge in [0.1, 0.15) is 5.82 Å². The van der Waals surface area contributed by atoms with Crippen molar-refractivity contribution in [3.63, 3.8) is 0 Å². The monoisotopic (exact) mass is 282 g/mol. The highest BCUT2D eigenvalue weighted by atomic mass is 15.2. The molecule has 1 aliphatic carbocycles. The van der Waals surface area contributed by atoms with Crippen LogP contribution in [0.5, 0.6) is 0 Å². The standard InChI is InChI=1S/C17H22N4/c1-21(10-8-15-6-2-3-9-19-15)17-14(12-18)11-13-5-4-7-16(13)20-17/h2-3,6,9,11H,4-5,7-8,10,12,18H2,1H3. The Bertz CT molecular complexity index is 610. The van der Waals surface area contributed by atoms with Crippen molar-refractivity contribution in [1.82, 2.24) is 9.97 Å². The maximum Gasteiger partial charge on any atom is 0.133 e. The van der Waals surface area contributed by atoms with Crippen LogP contribution in [0.4, 0.5) is 5.82 Å². The number of fused-ring (bicyclic) bond motifs is 1. The smallest absolute Gasteiger partial charge is 0.133 e. The summed E-state index contributed by atoms with van der Waals surface area (Å²) in [5.41, 5.74) is 10.8. The number of hydrogen-bond acceptors (Lipinski definition) is 4. The van der Waals surface area contributed by atoms with Crippen LogP contribution in [0, 0.1) is 0 Å². The summed E-state index contributed by atoms with van der Waals surface area (Å²) in [5.74, 6) is 1.04. The Morgan fingerprint density at radius 1 is 1.29 bits per heavy atom. The third kappa shape index (κ3) is 3.05. The van der Waals surface area contributed by atoms with Crippen LogP contribution in [0.25, 0.3) is 0 Å². The fraction of sp³-hybridized carbons (Fsp3) is 0.412. The number of aromatic nitrogens is 2. The Kier molecular flexibility index (Phi) is 4.15. The third-order valence-corrected chi connectivity index (χ3v) is 4.12. The minimum absolute atomic E-state index is 0.545. The second kappa shape index (κ2) is 6.22. The lowest BCUT2D eigenvalue weighted by Crippen LogP contribution is -2.24. The summed E-state index contributed by atoms with van der Waals surface area (Å²) < 4.78 is 0. The average Bonchev–Trinajstić information content (AvgIpc) is 2.99. The number of nitrogens with zero attached hydrogens (tertiary/aromatic N) is 3. The summed E-state index contributed by atoms with van der Waals surface area (Å²) in [6.07, 6.45) is 6.22. The highest BCUT2D eigenvalue weighted by molar-refractivity contribution is 5.50. The molecule has 0 radical (unpaired) electrons. The molecule has 0 saturated carbocycles. The van der Waals surface area contributed by atoms with Crippen molar-refractivity contribution < 1.29 is 0 Å². The zero-order chi connectivity index (χ0) is 14.7.